The van der Waals surface area contributed by atoms with Crippen LogP contribution in [-0.4, -0.2) is 22.0 Å². The second-order valence-electron chi connectivity index (χ2n) is 6.30. The van der Waals surface area contributed by atoms with Crippen LogP contribution in [0.3, 0.4) is 0 Å². The number of carbonyl (C=O) groups is 2. The number of benzene rings is 1. The zero-order valence-corrected chi connectivity index (χ0v) is 15.3. The number of hydrogen-bond acceptors (Lipinski definition) is 5. The number of aromatic nitrogens is 1. The Morgan fingerprint density at radius 3 is 2.63 bits per heavy atom. The predicted octanol–water partition coefficient (Wildman–Crippen LogP) is 3.34. The number of nitrogens with zero attached hydrogens (tertiary/aromatic N) is 1. The molecule has 7 nitrogen and oxygen atoms in total. The molecule has 1 atom stereocenters. The zero-order chi connectivity index (χ0) is 19.6. The maximum absolute atomic E-state index is 12.5. The van der Waals surface area contributed by atoms with Crippen LogP contribution in [-0.2, 0) is 16.0 Å². The van der Waals surface area contributed by atoms with Gasteiger partial charge in [0.05, 0.1) is 18.4 Å². The number of carboxylic acids is 1. The summed E-state index contributed by atoms with van der Waals surface area (Å²) in [7, 11) is 0. The molecule has 2 heterocycles. The van der Waals surface area contributed by atoms with Gasteiger partial charge in [-0.25, -0.2) is 9.78 Å². The first-order chi connectivity index (χ1) is 12.9. The minimum absolute atomic E-state index is 0.0926. The molecular formula is C20H20N2O5. The molecule has 1 amide bonds. The van der Waals surface area contributed by atoms with Crippen LogP contribution in [0.2, 0.25) is 0 Å². The van der Waals surface area contributed by atoms with E-state index in [2.05, 4.69) is 10.3 Å². The molecule has 0 spiro atoms. The molecule has 0 aliphatic carbocycles. The third-order valence-electron chi connectivity index (χ3n) is 4.46. The van der Waals surface area contributed by atoms with Crippen LogP contribution >= 0.6 is 0 Å². The van der Waals surface area contributed by atoms with Crippen molar-refractivity contribution in [2.45, 2.75) is 33.2 Å². The van der Waals surface area contributed by atoms with E-state index in [0.29, 0.717) is 22.8 Å². The summed E-state index contributed by atoms with van der Waals surface area (Å²) in [6.45, 7) is 5.43. The van der Waals surface area contributed by atoms with Gasteiger partial charge in [0.15, 0.2) is 11.8 Å². The van der Waals surface area contributed by atoms with Crippen molar-refractivity contribution < 1.29 is 23.5 Å². The Balaban J connectivity index is 1.78. The van der Waals surface area contributed by atoms with Gasteiger partial charge in [0.25, 0.3) is 5.89 Å². The number of carboxylic acid groups (broad SMARTS) is 1. The van der Waals surface area contributed by atoms with E-state index in [0.717, 1.165) is 11.1 Å². The van der Waals surface area contributed by atoms with Gasteiger partial charge in [0.1, 0.15) is 5.76 Å². The molecule has 0 aliphatic rings. The monoisotopic (exact) mass is 368 g/mol. The van der Waals surface area contributed by atoms with Crippen molar-refractivity contribution in [1.29, 1.82) is 0 Å². The average molecular weight is 368 g/mol. The number of hydrogen-bond donors (Lipinski definition) is 2. The molecule has 0 saturated carbocycles. The van der Waals surface area contributed by atoms with Crippen molar-refractivity contribution in [3.05, 3.63) is 64.7 Å². The summed E-state index contributed by atoms with van der Waals surface area (Å²) in [5.41, 5.74) is 2.79. The Bertz CT molecular complexity index is 972. The van der Waals surface area contributed by atoms with Gasteiger partial charge in [0, 0.05) is 0 Å². The van der Waals surface area contributed by atoms with E-state index in [9.17, 15) is 14.7 Å². The maximum Gasteiger partial charge on any atom is 0.330 e. The van der Waals surface area contributed by atoms with Gasteiger partial charge in [0.2, 0.25) is 5.91 Å². The van der Waals surface area contributed by atoms with E-state index < -0.39 is 17.9 Å². The molecule has 0 fully saturated rings. The van der Waals surface area contributed by atoms with Crippen LogP contribution in [0, 0.1) is 20.8 Å². The summed E-state index contributed by atoms with van der Waals surface area (Å²) >= 11 is 0. The number of carbonyl (C=O) groups excluding carboxylic acids is 1. The second-order valence-corrected chi connectivity index (χ2v) is 6.30. The summed E-state index contributed by atoms with van der Waals surface area (Å²) in [5.74, 6) is -0.348. The Hall–Kier alpha value is -3.35. The van der Waals surface area contributed by atoms with E-state index in [4.69, 9.17) is 8.83 Å². The number of amides is 1. The zero-order valence-electron chi connectivity index (χ0n) is 15.3. The fourth-order valence-electron chi connectivity index (χ4n) is 2.82. The van der Waals surface area contributed by atoms with Crippen molar-refractivity contribution in [3.63, 3.8) is 0 Å². The molecule has 3 rings (SSSR count). The molecule has 27 heavy (non-hydrogen) atoms. The fraction of sp³-hybridized carbons (Fsp3) is 0.250. The first-order valence-electron chi connectivity index (χ1n) is 8.45. The number of furan rings is 1. The molecular weight excluding hydrogens is 348 g/mol. The summed E-state index contributed by atoms with van der Waals surface area (Å²) in [6.07, 6.45) is 1.41. The fourth-order valence-corrected chi connectivity index (χ4v) is 2.82. The van der Waals surface area contributed by atoms with Crippen molar-refractivity contribution >= 4 is 11.9 Å². The molecule has 0 saturated heterocycles. The highest BCUT2D eigenvalue weighted by molar-refractivity contribution is 5.86. The van der Waals surface area contributed by atoms with Crippen LogP contribution < -0.4 is 5.32 Å². The molecule has 7 heteroatoms. The molecule has 3 aromatic rings. The van der Waals surface area contributed by atoms with E-state index >= 15 is 0 Å². The highest BCUT2D eigenvalue weighted by Gasteiger charge is 2.25. The quantitative estimate of drug-likeness (QED) is 0.691. The Morgan fingerprint density at radius 1 is 1.19 bits per heavy atom. The van der Waals surface area contributed by atoms with Crippen molar-refractivity contribution in [1.82, 2.24) is 10.3 Å². The molecule has 1 aromatic carbocycles. The number of oxazole rings is 1. The van der Waals surface area contributed by atoms with Crippen molar-refractivity contribution in [3.8, 4) is 11.7 Å². The summed E-state index contributed by atoms with van der Waals surface area (Å²) < 4.78 is 10.8. The number of nitrogens with one attached hydrogen (secondary N) is 1. The van der Waals surface area contributed by atoms with E-state index in [1.165, 1.54) is 6.26 Å². The Morgan fingerprint density at radius 2 is 1.96 bits per heavy atom. The van der Waals surface area contributed by atoms with Gasteiger partial charge in [-0.15, -0.1) is 0 Å². The number of rotatable bonds is 6. The van der Waals surface area contributed by atoms with Crippen LogP contribution in [0.15, 0.2) is 45.4 Å². The van der Waals surface area contributed by atoms with E-state index in [-0.39, 0.29) is 12.3 Å². The van der Waals surface area contributed by atoms with E-state index in [1.807, 2.05) is 19.9 Å². The highest BCUT2D eigenvalue weighted by Crippen LogP contribution is 2.23. The lowest BCUT2D eigenvalue weighted by molar-refractivity contribution is -0.142. The van der Waals surface area contributed by atoms with Gasteiger partial charge in [-0.3, -0.25) is 4.79 Å². The van der Waals surface area contributed by atoms with Crippen molar-refractivity contribution in [2.75, 3.05) is 0 Å². The maximum atomic E-state index is 12.5. The Labute approximate surface area is 156 Å². The Kier molecular flexibility index (Phi) is 5.12. The van der Waals surface area contributed by atoms with Crippen LogP contribution in [0.4, 0.5) is 0 Å². The molecule has 0 aliphatic heterocycles. The predicted molar refractivity (Wildman–Crippen MR) is 97.1 cm³/mol. The third kappa shape index (κ3) is 3.92. The minimum atomic E-state index is -1.13. The molecule has 2 aromatic heterocycles. The normalized spacial score (nSPS) is 12.0. The van der Waals surface area contributed by atoms with Crippen LogP contribution in [0.25, 0.3) is 11.7 Å². The van der Waals surface area contributed by atoms with Gasteiger partial charge < -0.3 is 19.3 Å². The molecule has 1 unspecified atom stereocenters. The molecule has 140 valence electrons. The lowest BCUT2D eigenvalue weighted by Gasteiger charge is -2.18. The second kappa shape index (κ2) is 7.49. The standard InChI is InChI=1S/C20H20N2O5/c1-11-6-4-7-14(12(11)2)18(20(24)25)22-17(23)10-15-13(3)27-19(21-15)16-8-5-9-26-16/h4-9,18H,10H2,1-3H3,(H,22,23)(H,24,25). The van der Waals surface area contributed by atoms with Gasteiger partial charge in [-0.1, -0.05) is 18.2 Å². The number of aryl methyl sites for hydroxylation is 2. The summed E-state index contributed by atoms with van der Waals surface area (Å²) in [5, 5.41) is 12.2. The minimum Gasteiger partial charge on any atom is -0.479 e. The highest BCUT2D eigenvalue weighted by atomic mass is 16.4. The van der Waals surface area contributed by atoms with Crippen LogP contribution in [0.1, 0.15) is 34.2 Å². The largest absolute Gasteiger partial charge is 0.479 e. The first-order valence-corrected chi connectivity index (χ1v) is 8.45. The van der Waals surface area contributed by atoms with Gasteiger partial charge in [-0.2, -0.15) is 0 Å². The van der Waals surface area contributed by atoms with Crippen LogP contribution in [0.5, 0.6) is 0 Å². The SMILES string of the molecule is Cc1cccc(C(NC(=O)Cc2nc(-c3ccco3)oc2C)C(=O)O)c1C. The van der Waals surface area contributed by atoms with E-state index in [1.54, 1.807) is 31.2 Å². The third-order valence-corrected chi connectivity index (χ3v) is 4.46. The molecule has 2 N–H and O–H groups in total. The summed E-state index contributed by atoms with van der Waals surface area (Å²) in [6, 6.07) is 7.66. The van der Waals surface area contributed by atoms with Gasteiger partial charge >= 0.3 is 5.97 Å². The van der Waals surface area contributed by atoms with Gasteiger partial charge in [-0.05, 0) is 49.6 Å². The van der Waals surface area contributed by atoms with Crippen molar-refractivity contribution in [2.24, 2.45) is 0 Å². The summed E-state index contributed by atoms with van der Waals surface area (Å²) in [4.78, 5) is 28.5. The smallest absolute Gasteiger partial charge is 0.330 e. The lowest BCUT2D eigenvalue weighted by Crippen LogP contribution is -2.35. The lowest BCUT2D eigenvalue weighted by atomic mass is 9.97. The molecule has 0 bridgehead atoms. The average Bonchev–Trinajstić information content (AvgIpc) is 3.26. The first kappa shape index (κ1) is 18.4. The topological polar surface area (TPSA) is 106 Å². The molecule has 0 radical (unpaired) electrons. The number of aliphatic carboxylic acids is 1.